The summed E-state index contributed by atoms with van der Waals surface area (Å²) in [6, 6.07) is 2.29. The van der Waals surface area contributed by atoms with Crippen molar-refractivity contribution < 1.29 is 4.79 Å². The monoisotopic (exact) mass is 296 g/mol. The van der Waals surface area contributed by atoms with Gasteiger partial charge in [-0.15, -0.1) is 0 Å². The molecule has 1 rings (SSSR count). The van der Waals surface area contributed by atoms with Crippen LogP contribution in [0.1, 0.15) is 32.1 Å². The van der Waals surface area contributed by atoms with E-state index in [0.717, 1.165) is 31.0 Å². The molecule has 0 radical (unpaired) electrons. The molecule has 0 aromatic heterocycles. The summed E-state index contributed by atoms with van der Waals surface area (Å²) >= 11 is 0.950. The lowest BCUT2D eigenvalue weighted by atomic mass is 9.81. The predicted octanol–water partition coefficient (Wildman–Crippen LogP) is 0.613. The molecular weight excluding hydrogens is 276 g/mol. The highest BCUT2D eigenvalue weighted by molar-refractivity contribution is 8.14. The summed E-state index contributed by atoms with van der Waals surface area (Å²) in [4.78, 5) is 17.2. The number of amidine groups is 1. The molecule has 1 aliphatic rings. The van der Waals surface area contributed by atoms with E-state index in [1.165, 1.54) is 4.90 Å². The van der Waals surface area contributed by atoms with Crippen LogP contribution in [0, 0.1) is 16.7 Å². The van der Waals surface area contributed by atoms with Gasteiger partial charge in [-0.05, 0) is 12.8 Å². The molecule has 0 bridgehead atoms. The number of carbonyl (C=O) groups excluding carboxylic acids is 1. The molecule has 5 N–H and O–H groups in total. The van der Waals surface area contributed by atoms with E-state index in [4.69, 9.17) is 16.9 Å². The fraction of sp³-hybridized carbons (Fsp3) is 0.667. The van der Waals surface area contributed by atoms with Gasteiger partial charge in [0, 0.05) is 7.05 Å². The molecule has 7 nitrogen and oxygen atoms in total. The Morgan fingerprint density at radius 1 is 1.45 bits per heavy atom. The van der Waals surface area contributed by atoms with Crippen molar-refractivity contribution in [2.45, 2.75) is 37.6 Å². The smallest absolute Gasteiger partial charge is 0.234 e. The summed E-state index contributed by atoms with van der Waals surface area (Å²) in [7, 11) is 1.65. The Morgan fingerprint density at radius 3 is 2.55 bits per heavy atom. The number of aliphatic imine (C=N–C) groups is 1. The van der Waals surface area contributed by atoms with Gasteiger partial charge in [-0.25, -0.2) is 0 Å². The second kappa shape index (κ2) is 7.14. The second-order valence-electron chi connectivity index (χ2n) is 4.79. The van der Waals surface area contributed by atoms with Gasteiger partial charge in [-0.1, -0.05) is 31.0 Å². The first-order valence-corrected chi connectivity index (χ1v) is 7.39. The molecule has 0 atom stereocenters. The zero-order chi connectivity index (χ0) is 15.2. The third-order valence-corrected chi connectivity index (χ3v) is 4.22. The topological polar surface area (TPSA) is 132 Å². The predicted molar refractivity (Wildman–Crippen MR) is 80.2 cm³/mol. The van der Waals surface area contributed by atoms with Crippen LogP contribution in [-0.2, 0) is 4.79 Å². The Morgan fingerprint density at radius 2 is 2.05 bits per heavy atom. The number of guanidine groups is 1. The molecule has 20 heavy (non-hydrogen) atoms. The maximum Gasteiger partial charge on any atom is 0.234 e. The van der Waals surface area contributed by atoms with E-state index in [0.29, 0.717) is 12.8 Å². The highest BCUT2D eigenvalue weighted by Crippen LogP contribution is 2.32. The van der Waals surface area contributed by atoms with Crippen LogP contribution in [-0.4, -0.2) is 40.3 Å². The minimum Gasteiger partial charge on any atom is -0.370 e. The minimum atomic E-state index is -0.700. The molecule has 0 heterocycles. The van der Waals surface area contributed by atoms with Crippen molar-refractivity contribution >= 4 is 28.8 Å². The molecule has 1 saturated carbocycles. The molecule has 1 aliphatic carbocycles. The molecule has 0 spiro atoms. The number of nitrogens with zero attached hydrogens (tertiary/aromatic N) is 3. The maximum atomic E-state index is 12.1. The molecule has 0 aliphatic heterocycles. The quantitative estimate of drug-likeness (QED) is 0.518. The Hall–Kier alpha value is -1.75. The maximum absolute atomic E-state index is 12.1. The van der Waals surface area contributed by atoms with Crippen LogP contribution in [0.4, 0.5) is 0 Å². The molecule has 0 aromatic carbocycles. The van der Waals surface area contributed by atoms with Crippen molar-refractivity contribution in [3.05, 3.63) is 0 Å². The van der Waals surface area contributed by atoms with Crippen molar-refractivity contribution in [1.82, 2.24) is 4.90 Å². The average Bonchev–Trinajstić information content (AvgIpc) is 2.44. The fourth-order valence-corrected chi connectivity index (χ4v) is 2.90. The molecule has 0 aromatic rings. The Balaban J connectivity index is 2.60. The molecule has 0 unspecified atom stereocenters. The van der Waals surface area contributed by atoms with Crippen LogP contribution < -0.4 is 11.5 Å². The van der Waals surface area contributed by atoms with Gasteiger partial charge in [-0.2, -0.15) is 10.3 Å². The van der Waals surface area contributed by atoms with Gasteiger partial charge in [0.15, 0.2) is 11.1 Å². The van der Waals surface area contributed by atoms with E-state index in [-0.39, 0.29) is 22.8 Å². The Kier molecular flexibility index (Phi) is 5.82. The highest BCUT2D eigenvalue weighted by Gasteiger charge is 2.38. The Bertz CT molecular complexity index is 445. The standard InChI is InChI=1S/C12H20N6OS/c1-18(12(8-13)5-3-2-4-6-12)9(19)7-20-11(16)17-10(14)15/h2-7H2,1H3,(H5,14,15,16,17). The summed E-state index contributed by atoms with van der Waals surface area (Å²) in [6.07, 6.45) is 4.45. The van der Waals surface area contributed by atoms with Gasteiger partial charge < -0.3 is 16.4 Å². The third kappa shape index (κ3) is 4.13. The largest absolute Gasteiger partial charge is 0.370 e. The zero-order valence-corrected chi connectivity index (χ0v) is 12.4. The number of hydrogen-bond acceptors (Lipinski definition) is 4. The van der Waals surface area contributed by atoms with Crippen molar-refractivity contribution in [2.75, 3.05) is 12.8 Å². The highest BCUT2D eigenvalue weighted by atomic mass is 32.2. The summed E-state index contributed by atoms with van der Waals surface area (Å²) < 4.78 is 0. The normalized spacial score (nSPS) is 16.8. The average molecular weight is 296 g/mol. The first kappa shape index (κ1) is 16.3. The van der Waals surface area contributed by atoms with Crippen molar-refractivity contribution in [2.24, 2.45) is 16.5 Å². The van der Waals surface area contributed by atoms with Crippen molar-refractivity contribution in [1.29, 1.82) is 10.7 Å². The van der Waals surface area contributed by atoms with Gasteiger partial charge in [0.25, 0.3) is 0 Å². The van der Waals surface area contributed by atoms with Crippen LogP contribution >= 0.6 is 11.8 Å². The Labute approximate surface area is 122 Å². The molecule has 1 fully saturated rings. The van der Waals surface area contributed by atoms with Gasteiger partial charge in [-0.3, -0.25) is 10.2 Å². The van der Waals surface area contributed by atoms with Gasteiger partial charge >= 0.3 is 0 Å². The van der Waals surface area contributed by atoms with Crippen LogP contribution in [0.5, 0.6) is 0 Å². The van der Waals surface area contributed by atoms with E-state index in [1.54, 1.807) is 7.05 Å². The summed E-state index contributed by atoms with van der Waals surface area (Å²) in [5.41, 5.74) is 9.61. The first-order valence-electron chi connectivity index (χ1n) is 6.40. The SMILES string of the molecule is CN(C(=O)CSC(=N)N=C(N)N)C1(C#N)CCCCC1. The molecule has 0 saturated heterocycles. The first-order chi connectivity index (χ1) is 9.41. The lowest BCUT2D eigenvalue weighted by Crippen LogP contribution is -2.50. The lowest BCUT2D eigenvalue weighted by molar-refractivity contribution is -0.131. The number of thioether (sulfide) groups is 1. The molecular formula is C12H20N6OS. The summed E-state index contributed by atoms with van der Waals surface area (Å²) in [5.74, 6) is -0.340. The van der Waals surface area contributed by atoms with E-state index in [2.05, 4.69) is 11.1 Å². The minimum absolute atomic E-state index is 0.0511. The van der Waals surface area contributed by atoms with Gasteiger partial charge in [0.2, 0.25) is 5.91 Å². The van der Waals surface area contributed by atoms with Crippen molar-refractivity contribution in [3.63, 3.8) is 0 Å². The van der Waals surface area contributed by atoms with Crippen LogP contribution in [0.15, 0.2) is 4.99 Å². The number of nitrogens with two attached hydrogens (primary N) is 2. The summed E-state index contributed by atoms with van der Waals surface area (Å²) in [6.45, 7) is 0. The van der Waals surface area contributed by atoms with Crippen molar-refractivity contribution in [3.8, 4) is 6.07 Å². The number of nitriles is 1. The number of rotatable bonds is 3. The van der Waals surface area contributed by atoms with Gasteiger partial charge in [0.1, 0.15) is 5.54 Å². The summed E-state index contributed by atoms with van der Waals surface area (Å²) in [5, 5.41) is 16.8. The third-order valence-electron chi connectivity index (χ3n) is 3.47. The van der Waals surface area contributed by atoms with E-state index in [1.807, 2.05) is 0 Å². The van der Waals surface area contributed by atoms with Crippen LogP contribution in [0.25, 0.3) is 0 Å². The molecule has 8 heteroatoms. The van der Waals surface area contributed by atoms with Crippen LogP contribution in [0.3, 0.4) is 0 Å². The zero-order valence-electron chi connectivity index (χ0n) is 11.6. The molecule has 110 valence electrons. The second-order valence-corrected chi connectivity index (χ2v) is 5.75. The van der Waals surface area contributed by atoms with E-state index in [9.17, 15) is 10.1 Å². The number of carbonyl (C=O) groups is 1. The lowest BCUT2D eigenvalue weighted by Gasteiger charge is -2.39. The molecule has 1 amide bonds. The fourth-order valence-electron chi connectivity index (χ4n) is 2.27. The van der Waals surface area contributed by atoms with Gasteiger partial charge in [0.05, 0.1) is 11.8 Å². The van der Waals surface area contributed by atoms with E-state index < -0.39 is 5.54 Å². The van der Waals surface area contributed by atoms with E-state index >= 15 is 0 Å². The number of amides is 1. The number of nitrogens with one attached hydrogen (secondary N) is 1. The number of hydrogen-bond donors (Lipinski definition) is 3. The van der Waals surface area contributed by atoms with Crippen LogP contribution in [0.2, 0.25) is 0 Å².